The lowest BCUT2D eigenvalue weighted by Gasteiger charge is -2.55. The molecular weight excluding hydrogens is 285 g/mol. The number of rotatable bonds is 2. The molecule has 1 nitrogen and oxygen atoms in total. The van der Waals surface area contributed by atoms with E-state index in [0.29, 0.717) is 11.1 Å². The van der Waals surface area contributed by atoms with Gasteiger partial charge in [0.2, 0.25) is 0 Å². The average molecular weight is 309 g/mol. The number of alkyl halides is 1. The Morgan fingerprint density at radius 1 is 1.14 bits per heavy atom. The van der Waals surface area contributed by atoms with Crippen LogP contribution in [0.5, 0.6) is 0 Å². The van der Waals surface area contributed by atoms with Crippen LogP contribution in [0.1, 0.15) is 47.5 Å². The molecule has 0 unspecified atom stereocenters. The zero-order valence-corrected chi connectivity index (χ0v) is 12.4. The minimum absolute atomic E-state index is 0.381. The summed E-state index contributed by atoms with van der Waals surface area (Å²) in [5.74, 6) is 0.866. The Morgan fingerprint density at radius 3 is 1.93 bits per heavy atom. The van der Waals surface area contributed by atoms with E-state index >= 15 is 0 Å². The van der Waals surface area contributed by atoms with E-state index in [0.717, 1.165) is 5.92 Å². The molecule has 0 saturated carbocycles. The van der Waals surface area contributed by atoms with Crippen LogP contribution in [0.2, 0.25) is 0 Å². The molecule has 14 heavy (non-hydrogen) atoms. The van der Waals surface area contributed by atoms with Gasteiger partial charge in [-0.25, -0.2) is 0 Å². The number of hydrogen-bond donors (Lipinski definition) is 0. The number of hydrogen-bond acceptors (Lipinski definition) is 1. The Hall–Kier alpha value is 0.690. The molecule has 1 rings (SSSR count). The van der Waals surface area contributed by atoms with Crippen LogP contribution >= 0.6 is 22.6 Å². The Kier molecular flexibility index (Phi) is 3.90. The standard InChI is InChI=1S/C12H24IN/c1-10-8-11(2,3)14(7-6-13)12(4,5)9-10/h10H,6-9H2,1-5H3. The van der Waals surface area contributed by atoms with Crippen LogP contribution < -0.4 is 0 Å². The van der Waals surface area contributed by atoms with Crippen molar-refractivity contribution in [1.29, 1.82) is 0 Å². The third-order valence-electron chi connectivity index (χ3n) is 3.47. The molecule has 0 aliphatic carbocycles. The second kappa shape index (κ2) is 4.28. The number of piperidine rings is 1. The van der Waals surface area contributed by atoms with Crippen molar-refractivity contribution in [2.75, 3.05) is 11.0 Å². The van der Waals surface area contributed by atoms with E-state index in [4.69, 9.17) is 0 Å². The van der Waals surface area contributed by atoms with E-state index in [-0.39, 0.29) is 0 Å². The van der Waals surface area contributed by atoms with Crippen LogP contribution in [0.3, 0.4) is 0 Å². The summed E-state index contributed by atoms with van der Waals surface area (Å²) in [5.41, 5.74) is 0.763. The van der Waals surface area contributed by atoms with Crippen LogP contribution in [-0.4, -0.2) is 27.0 Å². The van der Waals surface area contributed by atoms with Crippen molar-refractivity contribution in [2.24, 2.45) is 5.92 Å². The smallest absolute Gasteiger partial charge is 0.0161 e. The van der Waals surface area contributed by atoms with Crippen molar-refractivity contribution in [3.63, 3.8) is 0 Å². The maximum atomic E-state index is 2.70. The highest BCUT2D eigenvalue weighted by atomic mass is 127. The van der Waals surface area contributed by atoms with Crippen molar-refractivity contribution in [2.45, 2.75) is 58.5 Å². The van der Waals surface area contributed by atoms with Gasteiger partial charge in [0.05, 0.1) is 0 Å². The third kappa shape index (κ3) is 2.63. The van der Waals surface area contributed by atoms with E-state index < -0.39 is 0 Å². The van der Waals surface area contributed by atoms with Gasteiger partial charge in [-0.1, -0.05) is 29.5 Å². The number of likely N-dealkylation sites (tertiary alicyclic amines) is 1. The molecule has 0 spiro atoms. The van der Waals surface area contributed by atoms with Gasteiger partial charge in [0.1, 0.15) is 0 Å². The highest BCUT2D eigenvalue weighted by Crippen LogP contribution is 2.40. The van der Waals surface area contributed by atoms with Gasteiger partial charge >= 0.3 is 0 Å². The number of nitrogens with zero attached hydrogens (tertiary/aromatic N) is 1. The highest BCUT2D eigenvalue weighted by Gasteiger charge is 2.43. The quantitative estimate of drug-likeness (QED) is 0.555. The summed E-state index contributed by atoms with van der Waals surface area (Å²) < 4.78 is 1.24. The molecule has 1 aliphatic heterocycles. The fraction of sp³-hybridized carbons (Fsp3) is 1.00. The van der Waals surface area contributed by atoms with Crippen molar-refractivity contribution < 1.29 is 0 Å². The summed E-state index contributed by atoms with van der Waals surface area (Å²) in [4.78, 5) is 2.70. The molecule has 0 aromatic carbocycles. The van der Waals surface area contributed by atoms with Crippen molar-refractivity contribution >= 4 is 22.6 Å². The van der Waals surface area contributed by atoms with Gasteiger partial charge in [-0.15, -0.1) is 0 Å². The first-order valence-corrected chi connectivity index (χ1v) is 7.16. The summed E-state index contributed by atoms with van der Waals surface area (Å²) in [5, 5.41) is 0. The Labute approximate surface area is 103 Å². The van der Waals surface area contributed by atoms with Gasteiger partial charge in [0.15, 0.2) is 0 Å². The third-order valence-corrected chi connectivity index (χ3v) is 3.95. The van der Waals surface area contributed by atoms with Crippen LogP contribution in [0, 0.1) is 5.92 Å². The summed E-state index contributed by atoms with van der Waals surface area (Å²) in [6.45, 7) is 13.2. The van der Waals surface area contributed by atoms with E-state index in [2.05, 4.69) is 62.1 Å². The highest BCUT2D eigenvalue weighted by molar-refractivity contribution is 14.1. The summed E-state index contributed by atoms with van der Waals surface area (Å²) in [6.07, 6.45) is 2.68. The first-order valence-electron chi connectivity index (χ1n) is 5.63. The maximum absolute atomic E-state index is 2.70. The molecule has 1 heterocycles. The molecule has 1 saturated heterocycles. The van der Waals surface area contributed by atoms with Gasteiger partial charge in [-0.2, -0.15) is 0 Å². The predicted octanol–water partition coefficient (Wildman–Crippen LogP) is 3.71. The van der Waals surface area contributed by atoms with E-state index in [1.165, 1.54) is 23.8 Å². The second-order valence-corrected chi connectivity index (χ2v) is 7.06. The summed E-state index contributed by atoms with van der Waals surface area (Å²) in [7, 11) is 0. The van der Waals surface area contributed by atoms with Gasteiger partial charge in [0.25, 0.3) is 0 Å². The maximum Gasteiger partial charge on any atom is 0.0161 e. The predicted molar refractivity (Wildman–Crippen MR) is 72.1 cm³/mol. The second-order valence-electron chi connectivity index (χ2n) is 5.98. The van der Waals surface area contributed by atoms with Crippen LogP contribution in [0.15, 0.2) is 0 Å². The van der Waals surface area contributed by atoms with Crippen molar-refractivity contribution in [3.05, 3.63) is 0 Å². The van der Waals surface area contributed by atoms with Gasteiger partial charge < -0.3 is 0 Å². The Bertz CT molecular complexity index is 180. The molecule has 0 atom stereocenters. The Balaban J connectivity index is 2.85. The summed E-state index contributed by atoms with van der Waals surface area (Å²) in [6, 6.07) is 0. The molecule has 0 N–H and O–H groups in total. The largest absolute Gasteiger partial charge is 0.292 e. The zero-order valence-electron chi connectivity index (χ0n) is 10.2. The minimum Gasteiger partial charge on any atom is -0.292 e. The van der Waals surface area contributed by atoms with Gasteiger partial charge in [0, 0.05) is 22.1 Å². The molecule has 84 valence electrons. The lowest BCUT2D eigenvalue weighted by atomic mass is 9.74. The molecule has 1 aliphatic rings. The molecule has 0 bridgehead atoms. The van der Waals surface area contributed by atoms with Crippen LogP contribution in [-0.2, 0) is 0 Å². The molecule has 2 heteroatoms. The molecule has 0 aromatic rings. The summed E-state index contributed by atoms with van der Waals surface area (Å²) >= 11 is 2.49. The van der Waals surface area contributed by atoms with Crippen molar-refractivity contribution in [3.8, 4) is 0 Å². The fourth-order valence-corrected chi connectivity index (χ4v) is 3.99. The van der Waals surface area contributed by atoms with E-state index in [1.807, 2.05) is 0 Å². The first kappa shape index (κ1) is 12.8. The molecule has 0 radical (unpaired) electrons. The lowest BCUT2D eigenvalue weighted by molar-refractivity contribution is -0.0420. The van der Waals surface area contributed by atoms with Crippen LogP contribution in [0.25, 0.3) is 0 Å². The average Bonchev–Trinajstić information content (AvgIpc) is 1.94. The topological polar surface area (TPSA) is 3.24 Å². The Morgan fingerprint density at radius 2 is 1.57 bits per heavy atom. The fourth-order valence-electron chi connectivity index (χ4n) is 3.51. The zero-order chi connectivity index (χ0) is 11.0. The number of halogens is 1. The SMILES string of the molecule is CC1CC(C)(C)N(CCI)C(C)(C)C1. The van der Waals surface area contributed by atoms with Crippen molar-refractivity contribution in [1.82, 2.24) is 4.90 Å². The van der Waals surface area contributed by atoms with E-state index in [1.54, 1.807) is 0 Å². The van der Waals surface area contributed by atoms with Gasteiger partial charge in [-0.3, -0.25) is 4.90 Å². The molecule has 1 fully saturated rings. The monoisotopic (exact) mass is 309 g/mol. The van der Waals surface area contributed by atoms with Gasteiger partial charge in [-0.05, 0) is 46.5 Å². The van der Waals surface area contributed by atoms with E-state index in [9.17, 15) is 0 Å². The normalized spacial score (nSPS) is 27.9. The molecular formula is C12H24IN. The first-order chi connectivity index (χ1) is 6.29. The van der Waals surface area contributed by atoms with Crippen LogP contribution in [0.4, 0.5) is 0 Å². The lowest BCUT2D eigenvalue weighted by Crippen LogP contribution is -2.60. The molecule has 0 aromatic heterocycles. The minimum atomic E-state index is 0.381. The molecule has 0 amide bonds.